The zero-order valence-electron chi connectivity index (χ0n) is 6.89. The Morgan fingerprint density at radius 1 is 1.07 bits per heavy atom. The van der Waals surface area contributed by atoms with E-state index in [2.05, 4.69) is 4.98 Å². The van der Waals surface area contributed by atoms with Gasteiger partial charge in [0.15, 0.2) is 0 Å². The first-order valence-corrected chi connectivity index (χ1v) is 5.00. The molecule has 70 valence electrons. The van der Waals surface area contributed by atoms with Crippen LogP contribution >= 0.6 is 23.5 Å². The molecule has 1 aromatic heterocycles. The van der Waals surface area contributed by atoms with Crippen molar-refractivity contribution in [1.29, 1.82) is 10.5 Å². The molecular weight excluding hydrogens is 218 g/mol. The van der Waals surface area contributed by atoms with Crippen molar-refractivity contribution < 1.29 is 0 Å². The zero-order valence-corrected chi connectivity index (χ0v) is 8.52. The Balaban J connectivity index is 3.16. The van der Waals surface area contributed by atoms with Gasteiger partial charge in [-0.25, -0.2) is 4.98 Å². The van der Waals surface area contributed by atoms with Crippen LogP contribution in [0.3, 0.4) is 0 Å². The van der Waals surface area contributed by atoms with Gasteiger partial charge in [-0.15, -0.1) is 0 Å². The van der Waals surface area contributed by atoms with Crippen LogP contribution in [-0.2, 0) is 0 Å². The van der Waals surface area contributed by atoms with E-state index in [0.717, 1.165) is 23.5 Å². The van der Waals surface area contributed by atoms with Gasteiger partial charge in [0.2, 0.25) is 0 Å². The summed E-state index contributed by atoms with van der Waals surface area (Å²) in [7, 11) is 0. The highest BCUT2D eigenvalue weighted by molar-refractivity contribution is 8.04. The number of pyridine rings is 1. The quantitative estimate of drug-likeness (QED) is 0.575. The van der Waals surface area contributed by atoms with Crippen LogP contribution in [0.1, 0.15) is 0 Å². The predicted octanol–water partition coefficient (Wildman–Crippen LogP) is 1.39. The molecule has 7 heteroatoms. The third kappa shape index (κ3) is 2.22. The summed E-state index contributed by atoms with van der Waals surface area (Å²) in [6, 6.07) is 1.58. The van der Waals surface area contributed by atoms with E-state index in [4.69, 9.17) is 22.0 Å². The van der Waals surface area contributed by atoms with Gasteiger partial charge in [-0.2, -0.15) is 10.5 Å². The average molecular weight is 223 g/mol. The van der Waals surface area contributed by atoms with Crippen LogP contribution < -0.4 is 11.5 Å². The predicted molar refractivity (Wildman–Crippen MR) is 56.0 cm³/mol. The molecule has 0 saturated heterocycles. The summed E-state index contributed by atoms with van der Waals surface area (Å²) < 4.78 is 0. The summed E-state index contributed by atoms with van der Waals surface area (Å²) in [4.78, 5) is 4.85. The van der Waals surface area contributed by atoms with Crippen molar-refractivity contribution in [3.63, 3.8) is 0 Å². The SMILES string of the molecule is N#CSc1cc(SC#N)c(N)nc1N. The number of hydrogen-bond donors (Lipinski definition) is 2. The topological polar surface area (TPSA) is 113 Å². The minimum absolute atomic E-state index is 0.205. The van der Waals surface area contributed by atoms with E-state index in [9.17, 15) is 0 Å². The summed E-state index contributed by atoms with van der Waals surface area (Å²) in [5.41, 5.74) is 11.0. The largest absolute Gasteiger partial charge is 0.383 e. The first-order chi connectivity index (χ1) is 6.69. The van der Waals surface area contributed by atoms with Crippen LogP contribution in [-0.4, -0.2) is 4.98 Å². The van der Waals surface area contributed by atoms with Crippen molar-refractivity contribution in [2.75, 3.05) is 11.5 Å². The standard InChI is InChI=1S/C7H5N5S2/c8-2-13-4-1-5(14-3-9)7(11)12-6(4)10/h1H,(H4,10,11,12). The van der Waals surface area contributed by atoms with Gasteiger partial charge in [-0.05, 0) is 29.6 Å². The van der Waals surface area contributed by atoms with Gasteiger partial charge in [-0.3, -0.25) is 0 Å². The van der Waals surface area contributed by atoms with Crippen LogP contribution in [0, 0.1) is 21.3 Å². The van der Waals surface area contributed by atoms with Gasteiger partial charge in [0.1, 0.15) is 22.4 Å². The van der Waals surface area contributed by atoms with Crippen molar-refractivity contribution in [2.24, 2.45) is 0 Å². The first-order valence-electron chi connectivity index (χ1n) is 3.37. The second-order valence-corrected chi connectivity index (χ2v) is 3.79. The number of nitrogen functional groups attached to an aromatic ring is 2. The van der Waals surface area contributed by atoms with E-state index in [1.54, 1.807) is 6.07 Å². The lowest BCUT2D eigenvalue weighted by Gasteiger charge is -2.04. The first kappa shape index (κ1) is 10.5. The van der Waals surface area contributed by atoms with Crippen LogP contribution in [0.2, 0.25) is 0 Å². The zero-order chi connectivity index (χ0) is 10.6. The van der Waals surface area contributed by atoms with Gasteiger partial charge in [-0.1, -0.05) is 0 Å². The van der Waals surface area contributed by atoms with Crippen LogP contribution in [0.4, 0.5) is 11.6 Å². The van der Waals surface area contributed by atoms with E-state index >= 15 is 0 Å². The molecule has 0 aliphatic rings. The Morgan fingerprint density at radius 3 is 1.86 bits per heavy atom. The molecule has 4 N–H and O–H groups in total. The Bertz CT molecular complexity index is 394. The summed E-state index contributed by atoms with van der Waals surface area (Å²) in [6.45, 7) is 0. The molecule has 0 aromatic carbocycles. The molecule has 0 atom stereocenters. The number of nitrogens with two attached hydrogens (primary N) is 2. The monoisotopic (exact) mass is 223 g/mol. The highest BCUT2D eigenvalue weighted by Gasteiger charge is 2.08. The van der Waals surface area contributed by atoms with E-state index in [-0.39, 0.29) is 11.6 Å². The average Bonchev–Trinajstić information content (AvgIpc) is 2.14. The number of aromatic nitrogens is 1. The van der Waals surface area contributed by atoms with Crippen LogP contribution in [0.25, 0.3) is 0 Å². The molecule has 0 saturated carbocycles. The second-order valence-electron chi connectivity index (χ2n) is 2.14. The maximum atomic E-state index is 8.46. The minimum atomic E-state index is 0.205. The van der Waals surface area contributed by atoms with Gasteiger partial charge < -0.3 is 11.5 Å². The third-order valence-corrected chi connectivity index (χ3v) is 2.60. The molecule has 0 aliphatic heterocycles. The summed E-state index contributed by atoms with van der Waals surface area (Å²) in [5.74, 6) is 0.410. The highest BCUT2D eigenvalue weighted by atomic mass is 32.2. The Kier molecular flexibility index (Phi) is 3.46. The second kappa shape index (κ2) is 4.61. The fourth-order valence-corrected chi connectivity index (χ4v) is 1.69. The lowest BCUT2D eigenvalue weighted by Crippen LogP contribution is -1.99. The van der Waals surface area contributed by atoms with Crippen molar-refractivity contribution in [3.8, 4) is 10.8 Å². The minimum Gasteiger partial charge on any atom is -0.383 e. The molecule has 5 nitrogen and oxygen atoms in total. The van der Waals surface area contributed by atoms with E-state index in [1.807, 2.05) is 10.8 Å². The number of nitrogens with zero attached hydrogens (tertiary/aromatic N) is 3. The highest BCUT2D eigenvalue weighted by Crippen LogP contribution is 2.31. The Morgan fingerprint density at radius 2 is 1.50 bits per heavy atom. The van der Waals surface area contributed by atoms with Crippen molar-refractivity contribution in [2.45, 2.75) is 9.79 Å². The van der Waals surface area contributed by atoms with Gasteiger partial charge in [0, 0.05) is 0 Å². The molecule has 0 amide bonds. The smallest absolute Gasteiger partial charge is 0.140 e. The van der Waals surface area contributed by atoms with E-state index in [0.29, 0.717) is 9.79 Å². The lowest BCUT2D eigenvalue weighted by molar-refractivity contribution is 1.19. The molecule has 1 rings (SSSR count). The number of hydrogen-bond acceptors (Lipinski definition) is 7. The fourth-order valence-electron chi connectivity index (χ4n) is 0.769. The van der Waals surface area contributed by atoms with Gasteiger partial charge >= 0.3 is 0 Å². The molecule has 14 heavy (non-hydrogen) atoms. The number of thioether (sulfide) groups is 2. The molecule has 1 aromatic rings. The number of thiocyanates is 2. The maximum Gasteiger partial charge on any atom is 0.140 e. The Hall–Kier alpha value is -1.57. The van der Waals surface area contributed by atoms with Crippen LogP contribution in [0.5, 0.6) is 0 Å². The molecule has 0 unspecified atom stereocenters. The molecule has 0 spiro atoms. The third-order valence-electron chi connectivity index (χ3n) is 1.32. The van der Waals surface area contributed by atoms with Gasteiger partial charge in [0.05, 0.1) is 9.79 Å². The Labute approximate surface area is 89.1 Å². The van der Waals surface area contributed by atoms with Crippen molar-refractivity contribution in [1.82, 2.24) is 4.98 Å². The normalized spacial score (nSPS) is 9.00. The number of anilines is 2. The summed E-state index contributed by atoms with van der Waals surface area (Å²) in [5, 5.41) is 20.7. The fraction of sp³-hybridized carbons (Fsp3) is 0. The summed E-state index contributed by atoms with van der Waals surface area (Å²) in [6.07, 6.45) is 0. The molecular formula is C7H5N5S2. The maximum absolute atomic E-state index is 8.46. The van der Waals surface area contributed by atoms with Crippen LogP contribution in [0.15, 0.2) is 15.9 Å². The summed E-state index contributed by atoms with van der Waals surface area (Å²) >= 11 is 1.78. The molecule has 1 heterocycles. The number of nitriles is 2. The molecule has 0 radical (unpaired) electrons. The van der Waals surface area contributed by atoms with Crippen molar-refractivity contribution >= 4 is 35.2 Å². The van der Waals surface area contributed by atoms with E-state index < -0.39 is 0 Å². The van der Waals surface area contributed by atoms with E-state index in [1.165, 1.54) is 0 Å². The van der Waals surface area contributed by atoms with Gasteiger partial charge in [0.25, 0.3) is 0 Å². The van der Waals surface area contributed by atoms with Crippen molar-refractivity contribution in [3.05, 3.63) is 6.07 Å². The molecule has 0 bridgehead atoms. The molecule has 0 fully saturated rings. The lowest BCUT2D eigenvalue weighted by atomic mass is 10.4. The number of rotatable bonds is 2. The molecule has 0 aliphatic carbocycles.